The Balaban J connectivity index is 1.35. The second kappa shape index (κ2) is 7.70. The number of nitrogens with zero attached hydrogens (tertiary/aromatic N) is 4. The molecular formula is C16H23N5OS. The van der Waals surface area contributed by atoms with E-state index >= 15 is 0 Å². The van der Waals surface area contributed by atoms with E-state index in [1.54, 1.807) is 22.2 Å². The molecule has 1 saturated heterocycles. The topological polar surface area (TPSA) is 63.1 Å². The molecule has 1 aliphatic rings. The van der Waals surface area contributed by atoms with Gasteiger partial charge in [0.1, 0.15) is 6.54 Å². The fourth-order valence-electron chi connectivity index (χ4n) is 2.90. The minimum Gasteiger partial charge on any atom is -0.354 e. The highest BCUT2D eigenvalue weighted by Gasteiger charge is 2.20. The van der Waals surface area contributed by atoms with Gasteiger partial charge in [0.25, 0.3) is 0 Å². The van der Waals surface area contributed by atoms with Gasteiger partial charge < -0.3 is 5.32 Å². The maximum atomic E-state index is 12.0. The number of carbonyl (C=O) groups is 1. The van der Waals surface area contributed by atoms with Crippen LogP contribution in [-0.4, -0.2) is 45.2 Å². The SMILES string of the molecule is Cc1cnn(CC(=O)NCC2CCN(Cc3cncs3)CC2)c1. The minimum atomic E-state index is 0.0418. The second-order valence-electron chi connectivity index (χ2n) is 6.21. The first-order valence-corrected chi connectivity index (χ1v) is 8.92. The maximum absolute atomic E-state index is 12.0. The van der Waals surface area contributed by atoms with Gasteiger partial charge in [0.05, 0.1) is 11.7 Å². The average molecular weight is 333 g/mol. The van der Waals surface area contributed by atoms with Crippen molar-refractivity contribution in [3.63, 3.8) is 0 Å². The zero-order chi connectivity index (χ0) is 16.1. The smallest absolute Gasteiger partial charge is 0.241 e. The summed E-state index contributed by atoms with van der Waals surface area (Å²) in [6, 6.07) is 0. The van der Waals surface area contributed by atoms with Crippen molar-refractivity contribution in [2.24, 2.45) is 5.92 Å². The lowest BCUT2D eigenvalue weighted by molar-refractivity contribution is -0.122. The molecule has 1 N–H and O–H groups in total. The Morgan fingerprint density at radius 2 is 2.22 bits per heavy atom. The molecule has 0 saturated carbocycles. The molecule has 1 fully saturated rings. The molecular weight excluding hydrogens is 310 g/mol. The summed E-state index contributed by atoms with van der Waals surface area (Å²) in [7, 11) is 0. The molecule has 7 heteroatoms. The normalized spacial score (nSPS) is 16.6. The number of likely N-dealkylation sites (tertiary alicyclic amines) is 1. The van der Waals surface area contributed by atoms with Crippen LogP contribution >= 0.6 is 11.3 Å². The lowest BCUT2D eigenvalue weighted by Gasteiger charge is -2.31. The average Bonchev–Trinajstić information content (AvgIpc) is 3.19. The van der Waals surface area contributed by atoms with Crippen LogP contribution in [0, 0.1) is 12.8 Å². The van der Waals surface area contributed by atoms with Crippen LogP contribution in [0.15, 0.2) is 24.1 Å². The monoisotopic (exact) mass is 333 g/mol. The van der Waals surface area contributed by atoms with Gasteiger partial charge in [0, 0.05) is 30.4 Å². The summed E-state index contributed by atoms with van der Waals surface area (Å²) in [5.41, 5.74) is 2.96. The highest BCUT2D eigenvalue weighted by atomic mass is 32.1. The summed E-state index contributed by atoms with van der Waals surface area (Å²) >= 11 is 1.72. The number of rotatable bonds is 6. The zero-order valence-electron chi connectivity index (χ0n) is 13.4. The summed E-state index contributed by atoms with van der Waals surface area (Å²) in [6.45, 7) is 6.24. The van der Waals surface area contributed by atoms with Crippen molar-refractivity contribution in [3.05, 3.63) is 34.5 Å². The van der Waals surface area contributed by atoms with Crippen LogP contribution < -0.4 is 5.32 Å². The Bertz CT molecular complexity index is 616. The molecule has 6 nitrogen and oxygen atoms in total. The van der Waals surface area contributed by atoms with Crippen LogP contribution in [0.4, 0.5) is 0 Å². The highest BCUT2D eigenvalue weighted by Crippen LogP contribution is 2.19. The van der Waals surface area contributed by atoms with Crippen molar-refractivity contribution >= 4 is 17.2 Å². The first-order valence-electron chi connectivity index (χ1n) is 8.04. The fraction of sp³-hybridized carbons (Fsp3) is 0.562. The van der Waals surface area contributed by atoms with E-state index < -0.39 is 0 Å². The zero-order valence-corrected chi connectivity index (χ0v) is 14.3. The summed E-state index contributed by atoms with van der Waals surface area (Å²) in [5, 5.41) is 7.19. The van der Waals surface area contributed by atoms with Crippen LogP contribution in [0.3, 0.4) is 0 Å². The van der Waals surface area contributed by atoms with Gasteiger partial charge in [0.15, 0.2) is 0 Å². The van der Waals surface area contributed by atoms with Crippen LogP contribution in [0.2, 0.25) is 0 Å². The number of aromatic nitrogens is 3. The van der Waals surface area contributed by atoms with E-state index in [1.807, 2.05) is 24.8 Å². The number of thiazole rings is 1. The molecule has 3 rings (SSSR count). The van der Waals surface area contributed by atoms with E-state index in [0.29, 0.717) is 12.5 Å². The number of piperidine rings is 1. The van der Waals surface area contributed by atoms with Gasteiger partial charge in [-0.3, -0.25) is 19.4 Å². The molecule has 0 radical (unpaired) electrons. The van der Waals surface area contributed by atoms with Crippen LogP contribution in [0.1, 0.15) is 23.3 Å². The van der Waals surface area contributed by atoms with Gasteiger partial charge in [-0.25, -0.2) is 0 Å². The lowest BCUT2D eigenvalue weighted by Crippen LogP contribution is -2.39. The molecule has 0 aromatic carbocycles. The summed E-state index contributed by atoms with van der Waals surface area (Å²) in [5.74, 6) is 0.621. The Kier molecular flexibility index (Phi) is 5.40. The summed E-state index contributed by atoms with van der Waals surface area (Å²) < 4.78 is 1.68. The second-order valence-corrected chi connectivity index (χ2v) is 7.18. The molecule has 0 aliphatic carbocycles. The number of hydrogen-bond donors (Lipinski definition) is 1. The third-order valence-corrected chi connectivity index (χ3v) is 4.99. The van der Waals surface area contributed by atoms with E-state index in [0.717, 1.165) is 44.6 Å². The fourth-order valence-corrected chi connectivity index (χ4v) is 3.54. The van der Waals surface area contributed by atoms with Gasteiger partial charge in [-0.15, -0.1) is 11.3 Å². The molecule has 1 amide bonds. The van der Waals surface area contributed by atoms with Gasteiger partial charge in [0.2, 0.25) is 5.91 Å². The molecule has 2 aromatic rings. The maximum Gasteiger partial charge on any atom is 0.241 e. The van der Waals surface area contributed by atoms with Crippen molar-refractivity contribution in [2.75, 3.05) is 19.6 Å². The van der Waals surface area contributed by atoms with Crippen LogP contribution in [0.25, 0.3) is 0 Å². The number of amides is 1. The molecule has 0 unspecified atom stereocenters. The molecule has 2 aromatic heterocycles. The Morgan fingerprint density at radius 1 is 1.39 bits per heavy atom. The molecule has 0 spiro atoms. The van der Waals surface area contributed by atoms with Gasteiger partial charge in [-0.05, 0) is 44.3 Å². The molecule has 0 bridgehead atoms. The summed E-state index contributed by atoms with van der Waals surface area (Å²) in [4.78, 5) is 19.9. The van der Waals surface area contributed by atoms with Crippen molar-refractivity contribution in [1.29, 1.82) is 0 Å². The number of hydrogen-bond acceptors (Lipinski definition) is 5. The predicted octanol–water partition coefficient (Wildman–Crippen LogP) is 1.68. The highest BCUT2D eigenvalue weighted by molar-refractivity contribution is 7.09. The largest absolute Gasteiger partial charge is 0.354 e. The Labute approximate surface area is 140 Å². The standard InChI is InChI=1S/C16H23N5OS/c1-13-6-19-21(9-13)11-16(22)18-7-14-2-4-20(5-3-14)10-15-8-17-12-23-15/h6,8-9,12,14H,2-5,7,10-11H2,1H3,(H,18,22). The Hall–Kier alpha value is -1.73. The molecule has 23 heavy (non-hydrogen) atoms. The minimum absolute atomic E-state index is 0.0418. The van der Waals surface area contributed by atoms with Gasteiger partial charge >= 0.3 is 0 Å². The molecule has 0 atom stereocenters. The van der Waals surface area contributed by atoms with E-state index in [4.69, 9.17) is 0 Å². The first-order chi connectivity index (χ1) is 11.2. The Morgan fingerprint density at radius 3 is 2.87 bits per heavy atom. The number of carbonyl (C=O) groups excluding carboxylic acids is 1. The van der Waals surface area contributed by atoms with Crippen molar-refractivity contribution in [1.82, 2.24) is 25.0 Å². The van der Waals surface area contributed by atoms with Crippen LogP contribution in [-0.2, 0) is 17.9 Å². The van der Waals surface area contributed by atoms with Crippen molar-refractivity contribution in [2.45, 2.75) is 32.9 Å². The van der Waals surface area contributed by atoms with Gasteiger partial charge in [-0.1, -0.05) is 0 Å². The van der Waals surface area contributed by atoms with E-state index in [2.05, 4.69) is 20.3 Å². The van der Waals surface area contributed by atoms with Crippen LogP contribution in [0.5, 0.6) is 0 Å². The van der Waals surface area contributed by atoms with Gasteiger partial charge in [-0.2, -0.15) is 5.10 Å². The number of aryl methyl sites for hydroxylation is 1. The quantitative estimate of drug-likeness (QED) is 0.873. The van der Waals surface area contributed by atoms with Crippen molar-refractivity contribution in [3.8, 4) is 0 Å². The van der Waals surface area contributed by atoms with E-state index in [1.165, 1.54) is 4.88 Å². The van der Waals surface area contributed by atoms with Crippen molar-refractivity contribution < 1.29 is 4.79 Å². The number of nitrogens with one attached hydrogen (secondary N) is 1. The van der Waals surface area contributed by atoms with E-state index in [-0.39, 0.29) is 5.91 Å². The summed E-state index contributed by atoms with van der Waals surface area (Å²) in [6.07, 6.45) is 7.89. The molecule has 3 heterocycles. The third-order valence-electron chi connectivity index (χ3n) is 4.23. The lowest BCUT2D eigenvalue weighted by atomic mass is 9.97. The molecule has 1 aliphatic heterocycles. The van der Waals surface area contributed by atoms with E-state index in [9.17, 15) is 4.79 Å². The third kappa shape index (κ3) is 4.87. The predicted molar refractivity (Wildman–Crippen MR) is 90.1 cm³/mol. The molecule has 124 valence electrons. The first kappa shape index (κ1) is 16.1.